The topological polar surface area (TPSA) is 44.8 Å². The van der Waals surface area contributed by atoms with Gasteiger partial charge in [0.05, 0.1) is 0 Å². The number of esters is 1. The Morgan fingerprint density at radius 2 is 2.19 bits per heavy atom. The van der Waals surface area contributed by atoms with E-state index in [1.165, 1.54) is 32.1 Å². The van der Waals surface area contributed by atoms with Crippen molar-refractivity contribution in [1.82, 2.24) is 0 Å². The van der Waals surface area contributed by atoms with Crippen molar-refractivity contribution in [3.05, 3.63) is 22.4 Å². The van der Waals surface area contributed by atoms with Crippen molar-refractivity contribution >= 4 is 21.9 Å². The van der Waals surface area contributed by atoms with Crippen LogP contribution in [0.2, 0.25) is 0 Å². The number of hydrogen-bond donors (Lipinski definition) is 0. The lowest BCUT2D eigenvalue weighted by Gasteiger charge is -2.44. The second-order valence-electron chi connectivity index (χ2n) is 8.95. The van der Waals surface area contributed by atoms with Crippen LogP contribution >= 0.6 is 15.9 Å². The number of halogens is 1. The maximum Gasteiger partial charge on any atom is 0.347 e. The zero-order chi connectivity index (χ0) is 19.7. The van der Waals surface area contributed by atoms with Gasteiger partial charge in [0.1, 0.15) is 12.6 Å². The first-order valence-electron chi connectivity index (χ1n) is 10.2. The van der Waals surface area contributed by atoms with Gasteiger partial charge < -0.3 is 14.2 Å². The molecule has 4 nitrogen and oxygen atoms in total. The van der Waals surface area contributed by atoms with Crippen molar-refractivity contribution in [1.29, 1.82) is 0 Å². The molecule has 0 spiro atoms. The van der Waals surface area contributed by atoms with E-state index in [-0.39, 0.29) is 12.8 Å². The highest BCUT2D eigenvalue weighted by Gasteiger charge is 2.50. The molecule has 5 heteroatoms. The Bertz CT molecular complexity index is 628. The van der Waals surface area contributed by atoms with Crippen LogP contribution in [0.25, 0.3) is 0 Å². The largest absolute Gasteiger partial charge is 0.429 e. The van der Waals surface area contributed by atoms with Crippen molar-refractivity contribution in [2.45, 2.75) is 71.3 Å². The predicted octanol–water partition coefficient (Wildman–Crippen LogP) is 5.72. The molecule has 5 atom stereocenters. The third-order valence-corrected chi connectivity index (χ3v) is 7.84. The molecule has 1 unspecified atom stereocenters. The van der Waals surface area contributed by atoms with Gasteiger partial charge in [-0.05, 0) is 79.7 Å². The smallest absolute Gasteiger partial charge is 0.347 e. The number of hydrogen-bond acceptors (Lipinski definition) is 4. The second-order valence-corrected chi connectivity index (χ2v) is 9.41. The van der Waals surface area contributed by atoms with Crippen LogP contribution in [0, 0.1) is 23.2 Å². The summed E-state index contributed by atoms with van der Waals surface area (Å²) < 4.78 is 15.9. The van der Waals surface area contributed by atoms with Crippen molar-refractivity contribution in [2.24, 2.45) is 23.2 Å². The number of rotatable bonds is 7. The molecule has 0 aromatic carbocycles. The highest BCUT2D eigenvalue weighted by molar-refractivity contribution is 9.11. The van der Waals surface area contributed by atoms with E-state index in [9.17, 15) is 4.79 Å². The highest BCUT2D eigenvalue weighted by Crippen LogP contribution is 2.60. The zero-order valence-electron chi connectivity index (χ0n) is 17.1. The van der Waals surface area contributed by atoms with Crippen LogP contribution in [0.15, 0.2) is 22.4 Å². The molecule has 0 amide bonds. The highest BCUT2D eigenvalue weighted by atomic mass is 79.9. The van der Waals surface area contributed by atoms with Crippen LogP contribution in [-0.4, -0.2) is 25.5 Å². The number of methoxy groups -OCH3 is 1. The van der Waals surface area contributed by atoms with E-state index >= 15 is 0 Å². The molecule has 0 bridgehead atoms. The Hall–Kier alpha value is -0.650. The lowest BCUT2D eigenvalue weighted by Crippen LogP contribution is -2.35. The summed E-state index contributed by atoms with van der Waals surface area (Å²) in [6, 6.07) is 0. The molecule has 1 heterocycles. The van der Waals surface area contributed by atoms with Crippen LogP contribution < -0.4 is 0 Å². The van der Waals surface area contributed by atoms with E-state index in [1.54, 1.807) is 19.6 Å². The van der Waals surface area contributed by atoms with Crippen LogP contribution in [0.4, 0.5) is 0 Å². The monoisotopic (exact) mass is 440 g/mol. The number of carbonyl (C=O) groups is 1. The summed E-state index contributed by atoms with van der Waals surface area (Å²) in [5.74, 6) is 2.48. The molecule has 3 aliphatic rings. The first-order valence-corrected chi connectivity index (χ1v) is 11.1. The molecule has 27 heavy (non-hydrogen) atoms. The van der Waals surface area contributed by atoms with Crippen LogP contribution in [0.3, 0.4) is 0 Å². The van der Waals surface area contributed by atoms with Crippen molar-refractivity contribution in [3.63, 3.8) is 0 Å². The summed E-state index contributed by atoms with van der Waals surface area (Å²) >= 11 is 3.60. The first kappa shape index (κ1) is 21.1. The van der Waals surface area contributed by atoms with Crippen molar-refractivity contribution in [2.75, 3.05) is 13.9 Å². The quantitative estimate of drug-likeness (QED) is 0.375. The Labute approximate surface area is 171 Å². The molecule has 0 N–H and O–H groups in total. The zero-order valence-corrected chi connectivity index (χ0v) is 18.6. The second kappa shape index (κ2) is 8.38. The molecule has 2 fully saturated rings. The Balaban J connectivity index is 1.61. The van der Waals surface area contributed by atoms with E-state index in [2.05, 4.69) is 34.8 Å². The van der Waals surface area contributed by atoms with E-state index in [0.29, 0.717) is 11.3 Å². The molecule has 3 rings (SSSR count). The van der Waals surface area contributed by atoms with Crippen LogP contribution in [-0.2, 0) is 19.0 Å². The fraction of sp³-hybridized carbons (Fsp3) is 0.773. The minimum Gasteiger partial charge on any atom is -0.429 e. The van der Waals surface area contributed by atoms with Crippen molar-refractivity contribution < 1.29 is 19.0 Å². The van der Waals surface area contributed by atoms with E-state index in [0.717, 1.165) is 30.4 Å². The van der Waals surface area contributed by atoms with Gasteiger partial charge in [-0.25, -0.2) is 4.79 Å². The molecule has 2 saturated carbocycles. The molecule has 0 saturated heterocycles. The summed E-state index contributed by atoms with van der Waals surface area (Å²) in [5, 5.41) is 0. The lowest BCUT2D eigenvalue weighted by atomic mass is 9.61. The van der Waals surface area contributed by atoms with Crippen molar-refractivity contribution in [3.8, 4) is 0 Å². The van der Waals surface area contributed by atoms with E-state index < -0.39 is 5.60 Å². The summed E-state index contributed by atoms with van der Waals surface area (Å²) in [6.45, 7) is 6.70. The summed E-state index contributed by atoms with van der Waals surface area (Å²) in [5.41, 5.74) is 1.00. The number of allylic oxidation sites excluding steroid dienone is 2. The van der Waals surface area contributed by atoms with Gasteiger partial charge in [0, 0.05) is 13.5 Å². The van der Waals surface area contributed by atoms with Gasteiger partial charge in [0.15, 0.2) is 5.60 Å². The van der Waals surface area contributed by atoms with Gasteiger partial charge in [0.25, 0.3) is 0 Å². The molecular weight excluding hydrogens is 408 g/mol. The fourth-order valence-corrected chi connectivity index (χ4v) is 6.29. The van der Waals surface area contributed by atoms with Gasteiger partial charge in [0.2, 0.25) is 0 Å². The average molecular weight is 441 g/mol. The molecule has 152 valence electrons. The summed E-state index contributed by atoms with van der Waals surface area (Å²) in [7, 11) is 1.55. The number of carbonyl (C=O) groups excluding carboxylic acids is 1. The fourth-order valence-electron chi connectivity index (χ4n) is 5.74. The normalized spacial score (nSPS) is 38.6. The van der Waals surface area contributed by atoms with E-state index in [1.807, 2.05) is 6.08 Å². The van der Waals surface area contributed by atoms with Crippen LogP contribution in [0.1, 0.15) is 65.7 Å². The minimum absolute atomic E-state index is 0.0804. The molecule has 2 aliphatic carbocycles. The Kier molecular flexibility index (Phi) is 6.54. The molecule has 1 aliphatic heterocycles. The van der Waals surface area contributed by atoms with Gasteiger partial charge in [-0.3, -0.25) is 0 Å². The molecule has 0 aromatic heterocycles. The number of ether oxygens (including phenoxy) is 3. The predicted molar refractivity (Wildman–Crippen MR) is 109 cm³/mol. The average Bonchev–Trinajstić information content (AvgIpc) is 3.14. The lowest BCUT2D eigenvalue weighted by molar-refractivity contribution is -0.166. The van der Waals surface area contributed by atoms with Gasteiger partial charge in [-0.15, -0.1) is 0 Å². The first-order chi connectivity index (χ1) is 12.8. The minimum atomic E-state index is -1.02. The third-order valence-electron chi connectivity index (χ3n) is 7.25. The SMILES string of the molecule is COCO[C@@]1(C)C=C(CC[C@@H](C)[C@H]2CCC3C(=CBr)CCC[C@]32C)OC1=O. The number of fused-ring (bicyclic) bond motifs is 1. The van der Waals surface area contributed by atoms with Gasteiger partial charge in [-0.2, -0.15) is 0 Å². The molecular formula is C22H33BrO4. The standard InChI is InChI=1S/C22H33BrO4/c1-15(7-8-17-12-22(3,20(24)27-17)26-14-25-4)18-9-10-19-16(13-23)6-5-11-21(18,19)2/h12-13,15,18-19H,5-11,14H2,1-4H3/t15-,18-,19?,21+,22+/m1/s1. The maximum absolute atomic E-state index is 12.2. The third kappa shape index (κ3) is 4.06. The van der Waals surface area contributed by atoms with E-state index in [4.69, 9.17) is 14.2 Å². The number of cyclic esters (lactones) is 1. The Morgan fingerprint density at radius 1 is 1.41 bits per heavy atom. The van der Waals surface area contributed by atoms with Gasteiger partial charge in [-0.1, -0.05) is 35.4 Å². The van der Waals surface area contributed by atoms with Crippen LogP contribution in [0.5, 0.6) is 0 Å². The summed E-state index contributed by atoms with van der Waals surface area (Å²) in [4.78, 5) is 14.3. The molecule has 0 radical (unpaired) electrons. The van der Waals surface area contributed by atoms with Gasteiger partial charge >= 0.3 is 5.97 Å². The molecule has 0 aromatic rings. The summed E-state index contributed by atoms with van der Waals surface area (Å²) in [6.07, 6.45) is 10.1. The Morgan fingerprint density at radius 3 is 2.89 bits per heavy atom. The maximum atomic E-state index is 12.2.